The van der Waals surface area contributed by atoms with Crippen molar-refractivity contribution < 1.29 is 19.1 Å². The molecule has 0 radical (unpaired) electrons. The first-order valence-electron chi connectivity index (χ1n) is 10.8. The lowest BCUT2D eigenvalue weighted by atomic mass is 10.1. The first kappa shape index (κ1) is 23.5. The van der Waals surface area contributed by atoms with Crippen molar-refractivity contribution in [2.45, 2.75) is 12.8 Å². The number of hydrogen-bond acceptors (Lipinski definition) is 9. The van der Waals surface area contributed by atoms with Crippen LogP contribution in [0.3, 0.4) is 0 Å². The molecule has 2 aromatic heterocycles. The van der Waals surface area contributed by atoms with Gasteiger partial charge in [0.1, 0.15) is 5.69 Å². The number of methoxy groups -OCH3 is 1. The summed E-state index contributed by atoms with van der Waals surface area (Å²) in [5.74, 6) is -0.287. The zero-order chi connectivity index (χ0) is 24.9. The Morgan fingerprint density at radius 3 is 2.37 bits per heavy atom. The molecule has 1 aliphatic rings. The van der Waals surface area contributed by atoms with Crippen molar-refractivity contribution in [2.75, 3.05) is 31.8 Å². The number of rotatable bonds is 8. The zero-order valence-electron chi connectivity index (χ0n) is 19.4. The van der Waals surface area contributed by atoms with Gasteiger partial charge in [-0.25, -0.2) is 4.98 Å². The van der Waals surface area contributed by atoms with E-state index < -0.39 is 5.91 Å². The maximum atomic E-state index is 12.4. The average molecular weight is 476 g/mol. The minimum Gasteiger partial charge on any atom is -0.494 e. The molecule has 0 atom stereocenters. The summed E-state index contributed by atoms with van der Waals surface area (Å²) < 4.78 is 5.65. The molecule has 1 fully saturated rings. The van der Waals surface area contributed by atoms with E-state index in [0.717, 1.165) is 12.8 Å². The van der Waals surface area contributed by atoms with Gasteiger partial charge in [-0.15, -0.1) is 10.2 Å². The Bertz CT molecular complexity index is 1280. The van der Waals surface area contributed by atoms with E-state index in [1.54, 1.807) is 24.3 Å². The number of anilines is 3. The van der Waals surface area contributed by atoms with Gasteiger partial charge < -0.3 is 26.0 Å². The maximum Gasteiger partial charge on any atom is 0.273 e. The number of carbonyl (C=O) groups is 3. The standard InChI is InChI=1S/C23H24N8O4/c1-24-22(33)17-11-26-16(10-27-17)13-5-4-6-14(20(13)35-3)28-15-9-18(29-21(32)12-7-8-12)30-31-19(15)23(34)25-2/h4-6,9-12H,7-8H2,1-3H3,(H,24,33)(H,25,34)(H2,28,29,30,32). The van der Waals surface area contributed by atoms with Gasteiger partial charge in [0, 0.05) is 31.6 Å². The Morgan fingerprint density at radius 1 is 0.971 bits per heavy atom. The minimum absolute atomic E-state index is 0.0144. The van der Waals surface area contributed by atoms with Gasteiger partial charge in [-0.1, -0.05) is 6.07 Å². The number of amides is 3. The van der Waals surface area contributed by atoms with Crippen LogP contribution in [0.4, 0.5) is 17.2 Å². The van der Waals surface area contributed by atoms with Crippen molar-refractivity contribution in [3.8, 4) is 17.0 Å². The van der Waals surface area contributed by atoms with E-state index in [2.05, 4.69) is 41.4 Å². The van der Waals surface area contributed by atoms with Gasteiger partial charge in [-0.05, 0) is 25.0 Å². The van der Waals surface area contributed by atoms with E-state index in [0.29, 0.717) is 28.4 Å². The van der Waals surface area contributed by atoms with Gasteiger partial charge in [0.15, 0.2) is 17.3 Å². The Kier molecular flexibility index (Phi) is 6.81. The molecule has 1 aliphatic carbocycles. The van der Waals surface area contributed by atoms with Crippen molar-refractivity contribution in [3.05, 3.63) is 48.0 Å². The van der Waals surface area contributed by atoms with Crippen molar-refractivity contribution in [1.82, 2.24) is 30.8 Å². The highest BCUT2D eigenvalue weighted by Gasteiger charge is 2.30. The Morgan fingerprint density at radius 2 is 1.74 bits per heavy atom. The third kappa shape index (κ3) is 5.16. The monoisotopic (exact) mass is 476 g/mol. The van der Waals surface area contributed by atoms with Gasteiger partial charge in [-0.3, -0.25) is 19.4 Å². The highest BCUT2D eigenvalue weighted by atomic mass is 16.5. The number of nitrogens with one attached hydrogen (secondary N) is 4. The smallest absolute Gasteiger partial charge is 0.273 e. The molecule has 0 unspecified atom stereocenters. The largest absolute Gasteiger partial charge is 0.494 e. The molecule has 3 aromatic rings. The van der Waals surface area contributed by atoms with Crippen LogP contribution in [0.15, 0.2) is 36.7 Å². The fraction of sp³-hybridized carbons (Fsp3) is 0.261. The summed E-state index contributed by atoms with van der Waals surface area (Å²) in [6.45, 7) is 0. The van der Waals surface area contributed by atoms with Crippen molar-refractivity contribution in [3.63, 3.8) is 0 Å². The summed E-state index contributed by atoms with van der Waals surface area (Å²) in [6, 6.07) is 6.87. The molecular weight excluding hydrogens is 452 g/mol. The highest BCUT2D eigenvalue weighted by Crippen LogP contribution is 2.37. The summed E-state index contributed by atoms with van der Waals surface area (Å²) >= 11 is 0. The molecule has 1 saturated carbocycles. The van der Waals surface area contributed by atoms with Crippen molar-refractivity contribution in [1.29, 1.82) is 0 Å². The summed E-state index contributed by atoms with van der Waals surface area (Å²) in [5.41, 5.74) is 2.15. The van der Waals surface area contributed by atoms with Crippen LogP contribution in [-0.2, 0) is 4.79 Å². The van der Waals surface area contributed by atoms with Gasteiger partial charge in [0.2, 0.25) is 5.91 Å². The van der Waals surface area contributed by atoms with Crippen LogP contribution in [0.2, 0.25) is 0 Å². The number of benzene rings is 1. The number of nitrogens with zero attached hydrogens (tertiary/aromatic N) is 4. The van der Waals surface area contributed by atoms with Gasteiger partial charge >= 0.3 is 0 Å². The van der Waals surface area contributed by atoms with Crippen LogP contribution < -0.4 is 26.0 Å². The molecule has 4 rings (SSSR count). The van der Waals surface area contributed by atoms with Crippen LogP contribution in [-0.4, -0.2) is 59.1 Å². The van der Waals surface area contributed by atoms with Crippen molar-refractivity contribution in [2.24, 2.45) is 5.92 Å². The second kappa shape index (κ2) is 10.1. The molecule has 35 heavy (non-hydrogen) atoms. The average Bonchev–Trinajstić information content (AvgIpc) is 3.74. The number of hydrogen-bond donors (Lipinski definition) is 4. The molecule has 12 nitrogen and oxygen atoms in total. The van der Waals surface area contributed by atoms with Gasteiger partial charge in [0.05, 0.1) is 36.6 Å². The van der Waals surface area contributed by atoms with Crippen LogP contribution in [0.5, 0.6) is 5.75 Å². The Labute approximate surface area is 200 Å². The fourth-order valence-electron chi connectivity index (χ4n) is 3.32. The lowest BCUT2D eigenvalue weighted by Gasteiger charge is -2.16. The van der Waals surface area contributed by atoms with Crippen LogP contribution in [0.25, 0.3) is 11.3 Å². The first-order chi connectivity index (χ1) is 16.9. The second-order valence-corrected chi connectivity index (χ2v) is 7.71. The van der Waals surface area contributed by atoms with E-state index in [-0.39, 0.29) is 34.9 Å². The van der Waals surface area contributed by atoms with E-state index in [4.69, 9.17) is 4.74 Å². The molecule has 1 aromatic carbocycles. The lowest BCUT2D eigenvalue weighted by Crippen LogP contribution is -2.22. The third-order valence-corrected chi connectivity index (χ3v) is 5.31. The maximum absolute atomic E-state index is 12.4. The molecule has 0 aliphatic heterocycles. The molecule has 180 valence electrons. The van der Waals surface area contributed by atoms with E-state index in [9.17, 15) is 14.4 Å². The second-order valence-electron chi connectivity index (χ2n) is 7.71. The number of para-hydroxylation sites is 1. The highest BCUT2D eigenvalue weighted by molar-refractivity contribution is 6.00. The van der Waals surface area contributed by atoms with Crippen molar-refractivity contribution >= 4 is 34.9 Å². The SMILES string of the molecule is CNC(=O)c1cnc(-c2cccc(Nc3cc(NC(=O)C4CC4)nnc3C(=O)NC)c2OC)cn1. The fourth-order valence-corrected chi connectivity index (χ4v) is 3.32. The molecule has 3 amide bonds. The molecule has 4 N–H and O–H groups in total. The predicted octanol–water partition coefficient (Wildman–Crippen LogP) is 1.75. The molecule has 2 heterocycles. The third-order valence-electron chi connectivity index (χ3n) is 5.31. The normalized spacial score (nSPS) is 12.4. The Balaban J connectivity index is 1.69. The quantitative estimate of drug-likeness (QED) is 0.380. The zero-order valence-corrected chi connectivity index (χ0v) is 19.4. The molecule has 12 heteroatoms. The summed E-state index contributed by atoms with van der Waals surface area (Å²) in [5, 5.41) is 18.9. The number of carbonyl (C=O) groups excluding carboxylic acids is 3. The topological polar surface area (TPSA) is 160 Å². The van der Waals surface area contributed by atoms with E-state index >= 15 is 0 Å². The molecule has 0 spiro atoms. The van der Waals surface area contributed by atoms with Crippen LogP contribution in [0, 0.1) is 5.92 Å². The summed E-state index contributed by atoms with van der Waals surface area (Å²) in [7, 11) is 4.50. The first-order valence-corrected chi connectivity index (χ1v) is 10.8. The van der Waals surface area contributed by atoms with Gasteiger partial charge in [-0.2, -0.15) is 0 Å². The molecular formula is C23H24N8O4. The molecule has 0 saturated heterocycles. The predicted molar refractivity (Wildman–Crippen MR) is 127 cm³/mol. The summed E-state index contributed by atoms with van der Waals surface area (Å²) in [4.78, 5) is 44.8. The Hall–Kier alpha value is -4.61. The van der Waals surface area contributed by atoms with E-state index in [1.165, 1.54) is 33.6 Å². The van der Waals surface area contributed by atoms with Gasteiger partial charge in [0.25, 0.3) is 11.8 Å². The molecule has 0 bridgehead atoms. The van der Waals surface area contributed by atoms with E-state index in [1.807, 2.05) is 0 Å². The minimum atomic E-state index is -0.453. The van der Waals surface area contributed by atoms with Crippen LogP contribution >= 0.6 is 0 Å². The lowest BCUT2D eigenvalue weighted by molar-refractivity contribution is -0.117. The van der Waals surface area contributed by atoms with Crippen LogP contribution in [0.1, 0.15) is 33.8 Å². The number of aromatic nitrogens is 4. The summed E-state index contributed by atoms with van der Waals surface area (Å²) in [6.07, 6.45) is 4.54. The number of ether oxygens (including phenoxy) is 1.